The summed E-state index contributed by atoms with van der Waals surface area (Å²) in [7, 11) is 0. The fourth-order valence-electron chi connectivity index (χ4n) is 10.4. The molecule has 0 bridgehead atoms. The van der Waals surface area contributed by atoms with E-state index in [9.17, 15) is 58.4 Å². The number of aryl methyl sites for hydroxylation is 9. The lowest BCUT2D eigenvalue weighted by Gasteiger charge is -2.13. The lowest BCUT2D eigenvalue weighted by Crippen LogP contribution is -1.98. The van der Waals surface area contributed by atoms with Gasteiger partial charge in [-0.15, -0.1) is 0 Å². The van der Waals surface area contributed by atoms with Crippen LogP contribution in [-0.2, 0) is 0 Å². The number of hydrogen-bond acceptors (Lipinski definition) is 8. The van der Waals surface area contributed by atoms with Crippen molar-refractivity contribution in [2.75, 3.05) is 0 Å². The topological polar surface area (TPSA) is 162 Å². The number of halogens is 4. The number of phenols is 8. The van der Waals surface area contributed by atoms with Gasteiger partial charge in [-0.05, 0) is 299 Å². The number of rotatable bonds is 8. The van der Waals surface area contributed by atoms with Crippen LogP contribution < -0.4 is 0 Å². The van der Waals surface area contributed by atoms with Gasteiger partial charge in [-0.1, -0.05) is 148 Å². The Labute approximate surface area is 597 Å². The van der Waals surface area contributed by atoms with Crippen LogP contribution in [-0.4, -0.2) is 40.9 Å². The third kappa shape index (κ3) is 26.8. The number of phenolic OH excluding ortho intramolecular Hbond substituents is 8. The van der Waals surface area contributed by atoms with Crippen LogP contribution in [0.25, 0.3) is 0 Å². The van der Waals surface area contributed by atoms with Crippen LogP contribution in [0.1, 0.15) is 291 Å². The molecule has 8 aromatic rings. The van der Waals surface area contributed by atoms with Gasteiger partial charge in [-0.25, -0.2) is 17.6 Å². The van der Waals surface area contributed by atoms with E-state index in [0.717, 1.165) is 77.9 Å². The van der Waals surface area contributed by atoms with E-state index in [1.807, 2.05) is 143 Å². The van der Waals surface area contributed by atoms with Gasteiger partial charge in [-0.3, -0.25) is 0 Å². The molecule has 0 aliphatic carbocycles. The van der Waals surface area contributed by atoms with Gasteiger partial charge >= 0.3 is 0 Å². The predicted octanol–water partition coefficient (Wildman–Crippen LogP) is 25.6. The van der Waals surface area contributed by atoms with Crippen molar-refractivity contribution in [2.45, 2.75) is 262 Å². The van der Waals surface area contributed by atoms with Crippen molar-refractivity contribution in [1.82, 2.24) is 0 Å². The normalized spacial score (nSPS) is 11.0. The van der Waals surface area contributed by atoms with Crippen LogP contribution in [0.4, 0.5) is 17.6 Å². The minimum atomic E-state index is -0.317. The molecule has 8 rings (SSSR count). The number of aromatic hydroxyl groups is 8. The highest BCUT2D eigenvalue weighted by atomic mass is 19.1. The summed E-state index contributed by atoms with van der Waals surface area (Å²) in [6.07, 6.45) is 0. The first kappa shape index (κ1) is 87.0. The SMILES string of the molecule is C.Cc1cc(O)c(C(C)C)c(F)c1.Cc1cc(O)c(C(C)C)c(F)c1C.Cc1cc(O)c(C(C)C)c(F)c1C.Cc1cc(O)c(C(C)C)c(F)c1C.Cc1cc(O)c(C(C)C)cc1C.Cc1ccc(C(C)C)c(O)c1.[2H]c1c(C)c(C)cc(O)c1C(C)C.[2H]c1c(C)c(C)cc(O)c1C(C)C. The molecule has 12 heteroatoms. The Morgan fingerprint density at radius 3 is 0.768 bits per heavy atom. The molecule has 0 aliphatic rings. The second-order valence-electron chi connectivity index (χ2n) is 28.4. The third-order valence-electron chi connectivity index (χ3n) is 17.2. The monoisotopic (exact) mass is 1370 g/mol. The zero-order chi connectivity index (χ0) is 77.9. The maximum Gasteiger partial charge on any atom is 0.133 e. The maximum atomic E-state index is 13.6. The third-order valence-corrected chi connectivity index (χ3v) is 17.2. The Bertz CT molecular complexity index is 3620. The van der Waals surface area contributed by atoms with E-state index in [1.165, 1.54) is 11.6 Å². The summed E-state index contributed by atoms with van der Waals surface area (Å²) < 4.78 is 69.7. The second-order valence-corrected chi connectivity index (χ2v) is 28.4. The Morgan fingerprint density at radius 1 is 0.253 bits per heavy atom. The summed E-state index contributed by atoms with van der Waals surface area (Å²) in [5, 5.41) is 76.3. The van der Waals surface area contributed by atoms with Crippen LogP contribution in [0.15, 0.2) is 84.9 Å². The zero-order valence-corrected chi connectivity index (χ0v) is 64.6. The van der Waals surface area contributed by atoms with Crippen molar-refractivity contribution in [3.8, 4) is 46.0 Å². The van der Waals surface area contributed by atoms with E-state index in [4.69, 9.17) is 2.74 Å². The molecule has 0 saturated carbocycles. The molecular formula is C87H124F4O8. The summed E-state index contributed by atoms with van der Waals surface area (Å²) in [5.41, 5.74) is 17.6. The molecule has 0 saturated heterocycles. The maximum absolute atomic E-state index is 13.6. The predicted molar refractivity (Wildman–Crippen MR) is 410 cm³/mol. The van der Waals surface area contributed by atoms with E-state index >= 15 is 0 Å². The fraction of sp³-hybridized carbons (Fsp3) is 0.448. The van der Waals surface area contributed by atoms with Crippen LogP contribution >= 0.6 is 0 Å². The molecule has 0 aliphatic heterocycles. The summed E-state index contributed by atoms with van der Waals surface area (Å²) in [6.45, 7) is 57.3. The van der Waals surface area contributed by atoms with Crippen molar-refractivity contribution in [3.05, 3.63) is 231 Å². The van der Waals surface area contributed by atoms with Crippen molar-refractivity contribution in [3.63, 3.8) is 0 Å². The molecule has 8 N–H and O–H groups in total. The lowest BCUT2D eigenvalue weighted by atomic mass is 9.96. The quantitative estimate of drug-likeness (QED) is 0.0698. The summed E-state index contributed by atoms with van der Waals surface area (Å²) >= 11 is 0. The Balaban J connectivity index is 0.00000113. The first-order chi connectivity index (χ1) is 45.9. The number of benzene rings is 8. The van der Waals surface area contributed by atoms with E-state index in [0.29, 0.717) is 74.4 Å². The summed E-state index contributed by atoms with van der Waals surface area (Å²) in [4.78, 5) is 0. The van der Waals surface area contributed by atoms with Crippen LogP contribution in [0.2, 0.25) is 0 Å². The molecule has 0 amide bonds. The molecular weight excluding hydrogens is 1250 g/mol. The van der Waals surface area contributed by atoms with Crippen molar-refractivity contribution >= 4 is 0 Å². The minimum absolute atomic E-state index is 0. The van der Waals surface area contributed by atoms with Crippen LogP contribution in [0.3, 0.4) is 0 Å². The van der Waals surface area contributed by atoms with Crippen molar-refractivity contribution in [1.29, 1.82) is 0 Å². The summed E-state index contributed by atoms with van der Waals surface area (Å²) in [5.74, 6) is 1.72. The first-order valence-electron chi connectivity index (χ1n) is 35.0. The largest absolute Gasteiger partial charge is 0.508 e. The molecule has 0 heterocycles. The van der Waals surface area contributed by atoms with E-state index in [-0.39, 0.29) is 101 Å². The molecule has 0 radical (unpaired) electrons. The minimum Gasteiger partial charge on any atom is -0.508 e. The van der Waals surface area contributed by atoms with Crippen LogP contribution in [0.5, 0.6) is 46.0 Å². The van der Waals surface area contributed by atoms with E-state index in [1.54, 1.807) is 90.9 Å². The van der Waals surface area contributed by atoms with Gasteiger partial charge in [0.1, 0.15) is 69.3 Å². The molecule has 8 nitrogen and oxygen atoms in total. The molecule has 99 heavy (non-hydrogen) atoms. The average molecular weight is 1380 g/mol. The van der Waals surface area contributed by atoms with Gasteiger partial charge in [0.25, 0.3) is 0 Å². The van der Waals surface area contributed by atoms with Gasteiger partial charge < -0.3 is 40.9 Å². The Hall–Kier alpha value is -8.12. The molecule has 0 fully saturated rings. The zero-order valence-electron chi connectivity index (χ0n) is 66.6. The van der Waals surface area contributed by atoms with Gasteiger partial charge in [0.2, 0.25) is 0 Å². The van der Waals surface area contributed by atoms with Gasteiger partial charge in [-0.2, -0.15) is 0 Å². The van der Waals surface area contributed by atoms with Gasteiger partial charge in [0.05, 0.1) is 2.74 Å². The lowest BCUT2D eigenvalue weighted by molar-refractivity contribution is 0.451. The van der Waals surface area contributed by atoms with Gasteiger partial charge in [0.15, 0.2) is 0 Å². The smallest absolute Gasteiger partial charge is 0.133 e. The number of hydrogen-bond donors (Lipinski definition) is 8. The highest BCUT2D eigenvalue weighted by Gasteiger charge is 2.19. The van der Waals surface area contributed by atoms with E-state index < -0.39 is 0 Å². The van der Waals surface area contributed by atoms with Crippen molar-refractivity contribution < 1.29 is 61.2 Å². The highest BCUT2D eigenvalue weighted by Crippen LogP contribution is 2.37. The summed E-state index contributed by atoms with van der Waals surface area (Å²) in [6, 6.07) is 22.0. The molecule has 548 valence electrons. The molecule has 0 atom stereocenters. The molecule has 0 unspecified atom stereocenters. The molecule has 0 aromatic heterocycles. The highest BCUT2D eigenvalue weighted by molar-refractivity contribution is 5.48. The first-order valence-corrected chi connectivity index (χ1v) is 34.0. The fourth-order valence-corrected chi connectivity index (χ4v) is 10.4. The van der Waals surface area contributed by atoms with Crippen molar-refractivity contribution in [2.24, 2.45) is 0 Å². The van der Waals surface area contributed by atoms with E-state index in [2.05, 4.69) is 40.7 Å². The average Bonchev–Trinajstić information content (AvgIpc) is 0.834. The standard InChI is InChI=1S/3C11H15FO.3C11H16O.C10H13FO.C10H14O.CH4/c3*1-6(2)10-9(13)5-7(3)8(4)11(10)12;3*1-7(2)10-5-8(3)9(4)6-11(10)12;1-6(2)10-8(11)4-7(3)5-9(10)12;1-7(2)9-5-4-8(3)6-10(9)11;/h3*5-6,13H,1-4H3;3*5-7,12H,1-4H3;4-6,12H,1-3H3;4-7,11H,1-3H3;1H4/i;;;2*5D;;;;. The van der Waals surface area contributed by atoms with Crippen LogP contribution in [0, 0.1) is 120 Å². The van der Waals surface area contributed by atoms with Gasteiger partial charge in [0, 0.05) is 22.3 Å². The Morgan fingerprint density at radius 2 is 0.495 bits per heavy atom. The molecule has 0 spiro atoms. The Kier molecular flexibility index (Phi) is 35.9. The second kappa shape index (κ2) is 40.8. The molecule has 8 aromatic carbocycles.